The topological polar surface area (TPSA) is 214 Å². The summed E-state index contributed by atoms with van der Waals surface area (Å²) < 4.78 is 21.2. The SMILES string of the molecule is C[C@H]1C[C@H]2[C@@H]3CCC4=CC(=O)C=C[C@]4(C)[C@H]3[C@@H](O)C[C@]2(C)[C@@]1(O)C(=O)COC(=O)COCCOCC(=O)OCc1ccc([C@@H](CN)C(=O)Nc2ccc3cnccc3c2)cc1. The number of Topliss-reactive ketones (excluding diaryl/α,β-unsaturated/α-hetero) is 1. The number of nitrogens with two attached hydrogens (primary N) is 1. The molecular formula is C47H55N3O11. The number of anilines is 1. The summed E-state index contributed by atoms with van der Waals surface area (Å²) in [5.74, 6) is -3.46. The first kappa shape index (κ1) is 44.0. The lowest BCUT2D eigenvalue weighted by Crippen LogP contribution is -2.62. The highest BCUT2D eigenvalue weighted by Crippen LogP contribution is 2.68. The van der Waals surface area contributed by atoms with E-state index in [9.17, 15) is 34.2 Å². The second kappa shape index (κ2) is 18.1. The molecule has 61 heavy (non-hydrogen) atoms. The summed E-state index contributed by atoms with van der Waals surface area (Å²) in [6.45, 7) is 4.37. The zero-order chi connectivity index (χ0) is 43.5. The molecule has 1 amide bonds. The van der Waals surface area contributed by atoms with Crippen molar-refractivity contribution < 1.29 is 53.1 Å². The van der Waals surface area contributed by atoms with Crippen molar-refractivity contribution in [2.45, 2.75) is 70.7 Å². The van der Waals surface area contributed by atoms with Crippen LogP contribution in [0.4, 0.5) is 5.69 Å². The Balaban J connectivity index is 0.795. The van der Waals surface area contributed by atoms with E-state index in [0.717, 1.165) is 22.8 Å². The van der Waals surface area contributed by atoms with E-state index in [1.807, 2.05) is 44.2 Å². The fraction of sp³-hybridized carbons (Fsp3) is 0.489. The number of ether oxygens (including phenoxy) is 4. The summed E-state index contributed by atoms with van der Waals surface area (Å²) >= 11 is 0. The maximum Gasteiger partial charge on any atom is 0.332 e. The Bertz CT molecular complexity index is 2220. The van der Waals surface area contributed by atoms with Crippen LogP contribution in [0.2, 0.25) is 0 Å². The summed E-state index contributed by atoms with van der Waals surface area (Å²) in [6, 6.07) is 14.5. The van der Waals surface area contributed by atoms with Crippen LogP contribution in [-0.2, 0) is 49.5 Å². The molecule has 3 fully saturated rings. The second-order valence-electron chi connectivity index (χ2n) is 17.4. The molecule has 0 saturated heterocycles. The van der Waals surface area contributed by atoms with Gasteiger partial charge in [-0.05, 0) is 90.3 Å². The van der Waals surface area contributed by atoms with Gasteiger partial charge in [0.25, 0.3) is 0 Å². The fourth-order valence-corrected chi connectivity index (χ4v) is 10.8. The quantitative estimate of drug-likeness (QED) is 0.117. The van der Waals surface area contributed by atoms with Crippen molar-refractivity contribution in [1.82, 2.24) is 4.98 Å². The predicted molar refractivity (Wildman–Crippen MR) is 224 cm³/mol. The molecule has 1 aromatic heterocycles. The number of rotatable bonds is 16. The second-order valence-corrected chi connectivity index (χ2v) is 17.4. The summed E-state index contributed by atoms with van der Waals surface area (Å²) in [5, 5.41) is 28.6. The number of carbonyl (C=O) groups is 5. The molecule has 3 saturated carbocycles. The summed E-state index contributed by atoms with van der Waals surface area (Å²) in [4.78, 5) is 67.9. The highest BCUT2D eigenvalue weighted by Gasteiger charge is 2.70. The molecule has 4 aliphatic rings. The number of hydrogen-bond donors (Lipinski definition) is 4. The molecule has 5 N–H and O–H groups in total. The van der Waals surface area contributed by atoms with Crippen molar-refractivity contribution in [3.05, 3.63) is 95.9 Å². The third-order valence-corrected chi connectivity index (χ3v) is 13.9. The molecule has 3 aromatic rings. The third-order valence-electron chi connectivity index (χ3n) is 13.9. The van der Waals surface area contributed by atoms with Crippen LogP contribution in [0, 0.1) is 34.5 Å². The number of amides is 1. The maximum atomic E-state index is 13.7. The van der Waals surface area contributed by atoms with E-state index in [2.05, 4.69) is 17.2 Å². The maximum absolute atomic E-state index is 13.7. The first-order chi connectivity index (χ1) is 29.2. The van der Waals surface area contributed by atoms with Crippen LogP contribution in [0.5, 0.6) is 0 Å². The number of aliphatic hydroxyl groups is 2. The van der Waals surface area contributed by atoms with Gasteiger partial charge in [-0.15, -0.1) is 0 Å². The van der Waals surface area contributed by atoms with Crippen molar-refractivity contribution in [2.24, 2.45) is 40.2 Å². The van der Waals surface area contributed by atoms with Gasteiger partial charge in [-0.25, -0.2) is 9.59 Å². The number of aliphatic hydroxyl groups excluding tert-OH is 1. The van der Waals surface area contributed by atoms with E-state index in [1.54, 1.807) is 48.8 Å². The Hall–Kier alpha value is -5.12. The molecule has 4 aliphatic carbocycles. The van der Waals surface area contributed by atoms with Crippen LogP contribution in [0.25, 0.3) is 10.8 Å². The van der Waals surface area contributed by atoms with E-state index < -0.39 is 65.3 Å². The molecule has 14 nitrogen and oxygen atoms in total. The Morgan fingerprint density at radius 1 is 0.967 bits per heavy atom. The van der Waals surface area contributed by atoms with Crippen LogP contribution >= 0.6 is 0 Å². The minimum absolute atomic E-state index is 0.0109. The monoisotopic (exact) mass is 837 g/mol. The number of aromatic nitrogens is 1. The van der Waals surface area contributed by atoms with Gasteiger partial charge in [0.1, 0.15) is 25.4 Å². The van der Waals surface area contributed by atoms with Crippen LogP contribution in [0.1, 0.15) is 63.5 Å². The number of ketones is 2. The minimum atomic E-state index is -1.81. The Morgan fingerprint density at radius 3 is 2.41 bits per heavy atom. The highest BCUT2D eigenvalue weighted by molar-refractivity contribution is 6.01. The molecule has 14 heteroatoms. The number of hydrogen-bond acceptors (Lipinski definition) is 13. The van der Waals surface area contributed by atoms with Crippen molar-refractivity contribution in [3.8, 4) is 0 Å². The zero-order valence-electron chi connectivity index (χ0n) is 34.8. The van der Waals surface area contributed by atoms with E-state index in [1.165, 1.54) is 0 Å². The van der Waals surface area contributed by atoms with Crippen LogP contribution < -0.4 is 11.1 Å². The molecule has 0 spiro atoms. The first-order valence-electron chi connectivity index (χ1n) is 21.0. The van der Waals surface area contributed by atoms with Crippen molar-refractivity contribution in [2.75, 3.05) is 44.9 Å². The molecule has 2 aromatic carbocycles. The van der Waals surface area contributed by atoms with Gasteiger partial charge in [-0.2, -0.15) is 0 Å². The Kier molecular flexibility index (Phi) is 13.0. The highest BCUT2D eigenvalue weighted by atomic mass is 16.6. The van der Waals surface area contributed by atoms with Gasteiger partial charge in [0.2, 0.25) is 11.7 Å². The van der Waals surface area contributed by atoms with Gasteiger partial charge in [-0.1, -0.05) is 62.8 Å². The van der Waals surface area contributed by atoms with Gasteiger partial charge in [0.05, 0.1) is 25.2 Å². The van der Waals surface area contributed by atoms with Gasteiger partial charge < -0.3 is 40.2 Å². The average molecular weight is 838 g/mol. The van der Waals surface area contributed by atoms with E-state index in [0.29, 0.717) is 29.7 Å². The number of nitrogens with zero attached hydrogens (tertiary/aromatic N) is 1. The van der Waals surface area contributed by atoms with E-state index in [4.69, 9.17) is 24.7 Å². The number of pyridine rings is 1. The average Bonchev–Trinajstić information content (AvgIpc) is 3.45. The molecule has 0 unspecified atom stereocenters. The number of fused-ring (bicyclic) bond motifs is 6. The molecule has 7 rings (SSSR count). The van der Waals surface area contributed by atoms with Crippen molar-refractivity contribution in [3.63, 3.8) is 0 Å². The molecule has 1 heterocycles. The smallest absolute Gasteiger partial charge is 0.332 e. The van der Waals surface area contributed by atoms with E-state index >= 15 is 0 Å². The van der Waals surface area contributed by atoms with Crippen LogP contribution in [-0.4, -0.2) is 95.9 Å². The van der Waals surface area contributed by atoms with Crippen molar-refractivity contribution in [1.29, 1.82) is 0 Å². The summed E-state index contributed by atoms with van der Waals surface area (Å²) in [7, 11) is 0. The van der Waals surface area contributed by atoms with Crippen LogP contribution in [0.15, 0.2) is 84.7 Å². The molecule has 0 bridgehead atoms. The van der Waals surface area contributed by atoms with Gasteiger partial charge in [-0.3, -0.25) is 19.4 Å². The van der Waals surface area contributed by atoms with E-state index in [-0.39, 0.29) is 68.8 Å². The molecule has 324 valence electrons. The van der Waals surface area contributed by atoms with Crippen LogP contribution in [0.3, 0.4) is 0 Å². The van der Waals surface area contributed by atoms with Gasteiger partial charge in [0, 0.05) is 46.8 Å². The number of allylic oxidation sites excluding steroid dienone is 4. The summed E-state index contributed by atoms with van der Waals surface area (Å²) in [6.07, 6.45) is 10.1. The minimum Gasteiger partial charge on any atom is -0.459 e. The molecule has 9 atom stereocenters. The lowest BCUT2D eigenvalue weighted by atomic mass is 9.46. The Labute approximate surface area is 354 Å². The zero-order valence-corrected chi connectivity index (χ0v) is 34.8. The number of carbonyl (C=O) groups excluding carboxylic acids is 5. The van der Waals surface area contributed by atoms with Crippen molar-refractivity contribution >= 4 is 45.9 Å². The fourth-order valence-electron chi connectivity index (χ4n) is 10.8. The molecule has 0 radical (unpaired) electrons. The normalized spacial score (nSPS) is 29.4. The number of esters is 2. The number of benzene rings is 2. The van der Waals surface area contributed by atoms with Gasteiger partial charge >= 0.3 is 11.9 Å². The largest absolute Gasteiger partial charge is 0.459 e. The first-order valence-corrected chi connectivity index (χ1v) is 21.0. The number of nitrogens with one attached hydrogen (secondary N) is 1. The Morgan fingerprint density at radius 2 is 1.69 bits per heavy atom. The molecule has 0 aliphatic heterocycles. The standard InChI is InChI=1S/C47H55N3O11/c1-28-18-38-36-11-9-33-20-35(51)12-14-45(33,2)43(36)39(52)21-46(38,3)47(28,57)40(53)25-61-42(55)27-59-17-16-58-26-41(54)60-24-29-4-6-30(7-5-29)37(22-48)44(56)50-34-10-8-32-23-49-15-13-31(32)19-34/h4-8,10,12-15,19-20,23,28,36-39,43,52,57H,9,11,16-18,21-22,24-27,48H2,1-3H3,(H,50,56)/t28-,36-,37+,38-,39-,43+,45-,46-,47-/m0/s1. The predicted octanol–water partition coefficient (Wildman–Crippen LogP) is 4.36. The third kappa shape index (κ3) is 8.69. The lowest BCUT2D eigenvalue weighted by molar-refractivity contribution is -0.186. The van der Waals surface area contributed by atoms with Gasteiger partial charge in [0.15, 0.2) is 12.4 Å². The lowest BCUT2D eigenvalue weighted by Gasteiger charge is -2.59. The molecular weight excluding hydrogens is 783 g/mol. The summed E-state index contributed by atoms with van der Waals surface area (Å²) in [5.41, 5.74) is 5.86.